The van der Waals surface area contributed by atoms with Gasteiger partial charge in [0.05, 0.1) is 0 Å². The molecule has 2 unspecified atom stereocenters. The van der Waals surface area contributed by atoms with Crippen molar-refractivity contribution >= 4 is 57.3 Å². The summed E-state index contributed by atoms with van der Waals surface area (Å²) < 4.78 is 0. The molecule has 1 aromatic heterocycles. The second-order valence-electron chi connectivity index (χ2n) is 4.89. The minimum atomic E-state index is -0.985. The number of amides is 3. The first-order valence-corrected chi connectivity index (χ1v) is 8.33. The maximum absolute atomic E-state index is 12.4. The maximum atomic E-state index is 12.4. The number of β-lactam (4-membered cyclic amide) rings is 1. The predicted molar refractivity (Wildman–Crippen MR) is 89.6 cm³/mol. The van der Waals surface area contributed by atoms with Gasteiger partial charge in [-0.05, 0) is 6.92 Å². The van der Waals surface area contributed by atoms with Crippen molar-refractivity contribution in [1.82, 2.24) is 15.6 Å². The lowest BCUT2D eigenvalue weighted by Gasteiger charge is -2.35. The monoisotopic (exact) mass is 387 g/mol. The van der Waals surface area contributed by atoms with Crippen LogP contribution in [0.3, 0.4) is 0 Å². The number of thiazole rings is 1. The number of Topliss-reactive ketones (excluding diaryl/α,β-unsaturated/α-hetero) is 1. The van der Waals surface area contributed by atoms with Crippen molar-refractivity contribution in [2.75, 3.05) is 18.3 Å². The van der Waals surface area contributed by atoms with E-state index in [-0.39, 0.29) is 28.2 Å². The van der Waals surface area contributed by atoms with Gasteiger partial charge in [-0.3, -0.25) is 19.2 Å². The van der Waals surface area contributed by atoms with Crippen LogP contribution in [0.15, 0.2) is 10.5 Å². The third-order valence-corrected chi connectivity index (χ3v) is 4.15. The van der Waals surface area contributed by atoms with E-state index in [4.69, 9.17) is 11.6 Å². The topological polar surface area (TPSA) is 139 Å². The lowest BCUT2D eigenvalue weighted by atomic mass is 9.95. The predicted octanol–water partition coefficient (Wildman–Crippen LogP) is -0.757. The van der Waals surface area contributed by atoms with Crippen molar-refractivity contribution in [3.8, 4) is 0 Å². The lowest BCUT2D eigenvalue weighted by molar-refractivity contribution is -0.140. The van der Waals surface area contributed by atoms with E-state index in [9.17, 15) is 19.2 Å². The number of aromatic nitrogens is 1. The van der Waals surface area contributed by atoms with Crippen LogP contribution < -0.4 is 16.0 Å². The van der Waals surface area contributed by atoms with Crippen LogP contribution in [0.25, 0.3) is 0 Å². The number of ketones is 1. The zero-order valence-electron chi connectivity index (χ0n) is 13.2. The maximum Gasteiger partial charge on any atom is 0.276 e. The lowest BCUT2D eigenvalue weighted by Crippen LogP contribution is -2.72. The van der Waals surface area contributed by atoms with E-state index in [1.54, 1.807) is 0 Å². The molecule has 1 fully saturated rings. The van der Waals surface area contributed by atoms with E-state index in [2.05, 4.69) is 30.9 Å². The molecule has 1 aliphatic heterocycles. The van der Waals surface area contributed by atoms with E-state index < -0.39 is 29.8 Å². The fourth-order valence-corrected chi connectivity index (χ4v) is 2.74. The molecule has 2 rings (SSSR count). The number of halogens is 1. The summed E-state index contributed by atoms with van der Waals surface area (Å²) in [6.45, 7) is 1.31. The number of anilines is 1. The molecule has 2 atom stereocenters. The number of hydrogen-bond donors (Lipinski definition) is 3. The van der Waals surface area contributed by atoms with Crippen LogP contribution in [-0.4, -0.2) is 59.3 Å². The van der Waals surface area contributed by atoms with Crippen LogP contribution >= 0.6 is 22.9 Å². The first-order valence-electron chi connectivity index (χ1n) is 6.92. The summed E-state index contributed by atoms with van der Waals surface area (Å²) in [7, 11) is 1.24. The van der Waals surface area contributed by atoms with Crippen LogP contribution in [0, 0.1) is 0 Å². The molecule has 2 heterocycles. The summed E-state index contributed by atoms with van der Waals surface area (Å²) in [5, 5.41) is 12.6. The number of hydrogen-bond acceptors (Lipinski definition) is 8. The Hall–Kier alpha value is -2.53. The van der Waals surface area contributed by atoms with Crippen LogP contribution in [-0.2, 0) is 24.0 Å². The molecule has 134 valence electrons. The zero-order chi connectivity index (χ0) is 18.6. The third kappa shape index (κ3) is 4.31. The van der Waals surface area contributed by atoms with E-state index in [0.29, 0.717) is 0 Å². The highest BCUT2D eigenvalue weighted by atomic mass is 35.5. The average molecular weight is 388 g/mol. The quantitative estimate of drug-likeness (QED) is 0.243. The van der Waals surface area contributed by atoms with E-state index >= 15 is 0 Å². The summed E-state index contributed by atoms with van der Waals surface area (Å²) in [5.41, 5.74) is -0.0690. The number of nitrogens with zero attached hydrogens (tertiary/aromatic N) is 2. The number of oxime groups is 1. The fourth-order valence-electron chi connectivity index (χ4n) is 1.96. The highest BCUT2D eigenvalue weighted by Crippen LogP contribution is 2.17. The first kappa shape index (κ1) is 18.8. The van der Waals surface area contributed by atoms with Crippen molar-refractivity contribution in [1.29, 1.82) is 0 Å². The molecule has 12 heteroatoms. The van der Waals surface area contributed by atoms with Crippen molar-refractivity contribution in [2.24, 2.45) is 5.16 Å². The molecule has 25 heavy (non-hydrogen) atoms. The normalized spacial score (nSPS) is 19.5. The SMILES string of the molecule is CON=C(C(=O)NC1C(=O)NC1C(C)=O)c1csc(NC(=O)CCl)n1. The molecule has 3 amide bonds. The highest BCUT2D eigenvalue weighted by Gasteiger charge is 2.43. The summed E-state index contributed by atoms with van der Waals surface area (Å²) in [5.74, 6) is -2.19. The van der Waals surface area contributed by atoms with Crippen LogP contribution in [0.2, 0.25) is 0 Å². The molecule has 1 aliphatic rings. The van der Waals surface area contributed by atoms with Gasteiger partial charge >= 0.3 is 0 Å². The molecule has 10 nitrogen and oxygen atoms in total. The molecule has 0 aromatic carbocycles. The Bertz CT molecular complexity index is 749. The molecular weight excluding hydrogens is 374 g/mol. The summed E-state index contributed by atoms with van der Waals surface area (Å²) in [4.78, 5) is 55.2. The molecule has 0 bridgehead atoms. The Labute approximate surface area is 150 Å². The fraction of sp³-hybridized carbons (Fsp3) is 0.385. The van der Waals surface area contributed by atoms with Gasteiger partial charge in [0.2, 0.25) is 11.8 Å². The number of carbonyl (C=O) groups is 4. The first-order chi connectivity index (χ1) is 11.9. The van der Waals surface area contributed by atoms with Gasteiger partial charge in [-0.25, -0.2) is 4.98 Å². The van der Waals surface area contributed by atoms with Gasteiger partial charge in [0.15, 0.2) is 16.6 Å². The Morgan fingerprint density at radius 3 is 2.76 bits per heavy atom. The minimum Gasteiger partial charge on any atom is -0.398 e. The average Bonchev–Trinajstić information content (AvgIpc) is 3.02. The smallest absolute Gasteiger partial charge is 0.276 e. The summed E-state index contributed by atoms with van der Waals surface area (Å²) in [6, 6.07) is -1.77. The molecular formula is C13H14ClN5O5S. The molecule has 0 aliphatic carbocycles. The van der Waals surface area contributed by atoms with E-state index in [1.165, 1.54) is 19.4 Å². The Morgan fingerprint density at radius 1 is 1.48 bits per heavy atom. The Balaban J connectivity index is 2.14. The largest absolute Gasteiger partial charge is 0.398 e. The Morgan fingerprint density at radius 2 is 2.20 bits per heavy atom. The van der Waals surface area contributed by atoms with Crippen molar-refractivity contribution < 1.29 is 24.0 Å². The van der Waals surface area contributed by atoms with Crippen molar-refractivity contribution in [2.45, 2.75) is 19.0 Å². The van der Waals surface area contributed by atoms with Crippen LogP contribution in [0.1, 0.15) is 12.6 Å². The third-order valence-electron chi connectivity index (χ3n) is 3.15. The standard InChI is InChI=1S/C13H14ClN5O5S/c1-5(20)8-10(12(23)17-8)18-11(22)9(19-24-2)6-4-25-13(15-6)16-7(21)3-14/h4,8,10H,3H2,1-2H3,(H,17,23)(H,18,22)(H,15,16,21). The second kappa shape index (κ2) is 8.03. The van der Waals surface area contributed by atoms with Gasteiger partial charge in [0, 0.05) is 5.38 Å². The number of alkyl halides is 1. The van der Waals surface area contributed by atoms with Gasteiger partial charge in [-0.2, -0.15) is 0 Å². The van der Waals surface area contributed by atoms with Gasteiger partial charge in [0.25, 0.3) is 5.91 Å². The summed E-state index contributed by atoms with van der Waals surface area (Å²) >= 11 is 6.45. The number of rotatable bonds is 7. The number of nitrogens with one attached hydrogen (secondary N) is 3. The molecule has 1 aromatic rings. The van der Waals surface area contributed by atoms with Crippen molar-refractivity contribution in [3.63, 3.8) is 0 Å². The molecule has 0 radical (unpaired) electrons. The minimum absolute atomic E-state index is 0.133. The van der Waals surface area contributed by atoms with E-state index in [0.717, 1.165) is 11.3 Å². The van der Waals surface area contributed by atoms with Gasteiger partial charge < -0.3 is 20.8 Å². The van der Waals surface area contributed by atoms with Gasteiger partial charge in [-0.15, -0.1) is 22.9 Å². The van der Waals surface area contributed by atoms with Crippen LogP contribution in [0.4, 0.5) is 5.13 Å². The Kier molecular flexibility index (Phi) is 6.04. The molecule has 1 saturated heterocycles. The second-order valence-corrected chi connectivity index (χ2v) is 6.02. The van der Waals surface area contributed by atoms with Gasteiger partial charge in [0.1, 0.15) is 30.8 Å². The highest BCUT2D eigenvalue weighted by molar-refractivity contribution is 7.14. The zero-order valence-corrected chi connectivity index (χ0v) is 14.7. The van der Waals surface area contributed by atoms with Crippen molar-refractivity contribution in [3.05, 3.63) is 11.1 Å². The molecule has 0 spiro atoms. The van der Waals surface area contributed by atoms with Gasteiger partial charge in [-0.1, -0.05) is 5.16 Å². The summed E-state index contributed by atoms with van der Waals surface area (Å²) in [6.07, 6.45) is 0. The number of carbonyl (C=O) groups excluding carboxylic acids is 4. The molecule has 3 N–H and O–H groups in total. The van der Waals surface area contributed by atoms with Crippen LogP contribution in [0.5, 0.6) is 0 Å². The van der Waals surface area contributed by atoms with E-state index in [1.807, 2.05) is 0 Å². The molecule has 0 saturated carbocycles.